The van der Waals surface area contributed by atoms with Crippen LogP contribution in [0.1, 0.15) is 36.7 Å². The molecule has 1 saturated heterocycles. The molecule has 9 heteroatoms. The maximum absolute atomic E-state index is 13.5. The van der Waals surface area contributed by atoms with Crippen molar-refractivity contribution in [3.8, 4) is 16.9 Å². The first-order chi connectivity index (χ1) is 16.1. The Hall–Kier alpha value is -3.26. The molecule has 2 aliphatic rings. The van der Waals surface area contributed by atoms with Crippen LogP contribution in [0, 0.1) is 6.92 Å². The highest BCUT2D eigenvalue weighted by atomic mass is 35.5. The van der Waals surface area contributed by atoms with Gasteiger partial charge in [0.1, 0.15) is 12.2 Å². The minimum Gasteiger partial charge on any atom is -0.489 e. The summed E-state index contributed by atoms with van der Waals surface area (Å²) in [6.45, 7) is 8.90. The second-order valence-corrected chi connectivity index (χ2v) is 10.2. The van der Waals surface area contributed by atoms with Gasteiger partial charge < -0.3 is 19.3 Å². The lowest BCUT2D eigenvalue weighted by molar-refractivity contribution is 0.000953. The van der Waals surface area contributed by atoms with Gasteiger partial charge in [-0.15, -0.1) is 0 Å². The van der Waals surface area contributed by atoms with Crippen LogP contribution in [0.15, 0.2) is 30.5 Å². The smallest absolute Gasteiger partial charge is 0.410 e. The summed E-state index contributed by atoms with van der Waals surface area (Å²) >= 11 is 6.88. The Kier molecular flexibility index (Phi) is 5.43. The number of nitrogens with zero attached hydrogens (tertiary/aromatic N) is 3. The molecule has 34 heavy (non-hydrogen) atoms. The Bertz CT molecular complexity index is 1300. The van der Waals surface area contributed by atoms with Gasteiger partial charge in [-0.1, -0.05) is 23.7 Å². The summed E-state index contributed by atoms with van der Waals surface area (Å²) in [6.07, 6.45) is 1.39. The Morgan fingerprint density at radius 2 is 1.97 bits per heavy atom. The molecule has 1 atom stereocenters. The summed E-state index contributed by atoms with van der Waals surface area (Å²) in [5.74, 6) is 0.232. The number of H-pyrrole nitrogens is 1. The average molecular weight is 483 g/mol. The number of hydrogen-bond acceptors (Lipinski definition) is 5. The van der Waals surface area contributed by atoms with Crippen LogP contribution < -0.4 is 4.74 Å². The van der Waals surface area contributed by atoms with Gasteiger partial charge in [0.05, 0.1) is 28.3 Å². The predicted molar refractivity (Wildman–Crippen MR) is 129 cm³/mol. The van der Waals surface area contributed by atoms with Crippen molar-refractivity contribution in [1.29, 1.82) is 0 Å². The minimum atomic E-state index is -0.583. The zero-order valence-corrected chi connectivity index (χ0v) is 20.4. The number of ether oxygens (including phenoxy) is 2. The number of rotatable bonds is 1. The third-order valence-electron chi connectivity index (χ3n) is 6.24. The van der Waals surface area contributed by atoms with E-state index in [-0.39, 0.29) is 24.6 Å². The van der Waals surface area contributed by atoms with E-state index in [0.29, 0.717) is 36.0 Å². The SMILES string of the molecule is Cc1ccc2[nH]ncc2c1-c1ccc2c(c1Cl)OCC1CN(C(=O)OC(C)(C)C)CCN1C2=O. The number of carbonyl (C=O) groups is 2. The molecule has 3 aromatic rings. The zero-order chi connectivity index (χ0) is 24.2. The molecule has 0 radical (unpaired) electrons. The summed E-state index contributed by atoms with van der Waals surface area (Å²) in [7, 11) is 0. The number of piperazine rings is 1. The molecule has 1 aromatic heterocycles. The second kappa shape index (κ2) is 8.20. The van der Waals surface area contributed by atoms with E-state index >= 15 is 0 Å². The normalized spacial score (nSPS) is 18.3. The number of benzene rings is 2. The number of nitrogens with one attached hydrogen (secondary N) is 1. The molecule has 178 valence electrons. The number of carbonyl (C=O) groups excluding carboxylic acids is 2. The first-order valence-corrected chi connectivity index (χ1v) is 11.7. The van der Waals surface area contributed by atoms with Crippen molar-refractivity contribution in [3.05, 3.63) is 46.6 Å². The monoisotopic (exact) mass is 482 g/mol. The summed E-state index contributed by atoms with van der Waals surface area (Å²) in [5.41, 5.74) is 3.53. The standard InChI is InChI=1S/C25H27ClN4O4/c1-14-5-8-19-18(11-27-28-19)20(14)16-6-7-17-22(21(16)26)33-13-15-12-29(9-10-30(15)23(17)31)24(32)34-25(2,3)4/h5-8,11,15H,9-10,12-13H2,1-4H3,(H,27,28). The minimum absolute atomic E-state index is 0.145. The predicted octanol–water partition coefficient (Wildman–Crippen LogP) is 4.65. The molecule has 0 spiro atoms. The van der Waals surface area contributed by atoms with Crippen LogP contribution in [0.5, 0.6) is 5.75 Å². The van der Waals surface area contributed by atoms with Crippen molar-refractivity contribution in [1.82, 2.24) is 20.0 Å². The van der Waals surface area contributed by atoms with Crippen molar-refractivity contribution in [2.75, 3.05) is 26.2 Å². The van der Waals surface area contributed by atoms with Gasteiger partial charge in [-0.05, 0) is 51.0 Å². The molecule has 2 aromatic carbocycles. The topological polar surface area (TPSA) is 87.8 Å². The van der Waals surface area contributed by atoms with E-state index in [9.17, 15) is 9.59 Å². The van der Waals surface area contributed by atoms with E-state index in [4.69, 9.17) is 21.1 Å². The van der Waals surface area contributed by atoms with Gasteiger partial charge in [-0.2, -0.15) is 5.10 Å². The van der Waals surface area contributed by atoms with Crippen LogP contribution in [-0.4, -0.2) is 69.9 Å². The van der Waals surface area contributed by atoms with Crippen LogP contribution in [0.25, 0.3) is 22.0 Å². The number of amides is 2. The van der Waals surface area contributed by atoms with Gasteiger partial charge in [0.15, 0.2) is 5.75 Å². The number of hydrogen-bond donors (Lipinski definition) is 1. The molecule has 0 saturated carbocycles. The van der Waals surface area contributed by atoms with E-state index in [1.54, 1.807) is 22.1 Å². The number of fused-ring (bicyclic) bond motifs is 3. The van der Waals surface area contributed by atoms with E-state index in [1.165, 1.54) is 0 Å². The van der Waals surface area contributed by atoms with Gasteiger partial charge in [0.25, 0.3) is 5.91 Å². The van der Waals surface area contributed by atoms with Crippen molar-refractivity contribution in [3.63, 3.8) is 0 Å². The second-order valence-electron chi connectivity index (χ2n) is 9.78. The van der Waals surface area contributed by atoms with Crippen LogP contribution in [0.3, 0.4) is 0 Å². The molecule has 0 aliphatic carbocycles. The lowest BCUT2D eigenvalue weighted by atomic mass is 9.95. The third kappa shape index (κ3) is 3.86. The summed E-state index contributed by atoms with van der Waals surface area (Å²) in [5, 5.41) is 8.50. The molecular formula is C25H27ClN4O4. The lowest BCUT2D eigenvalue weighted by Gasteiger charge is -2.40. The van der Waals surface area contributed by atoms with Crippen molar-refractivity contribution >= 4 is 34.5 Å². The number of aromatic amines is 1. The molecule has 2 amide bonds. The quantitative estimate of drug-likeness (QED) is 0.545. The summed E-state index contributed by atoms with van der Waals surface area (Å²) in [4.78, 5) is 29.4. The molecule has 1 unspecified atom stereocenters. The van der Waals surface area contributed by atoms with Crippen LogP contribution >= 0.6 is 11.6 Å². The van der Waals surface area contributed by atoms with Crippen LogP contribution in [0.2, 0.25) is 5.02 Å². The van der Waals surface area contributed by atoms with Crippen LogP contribution in [0.4, 0.5) is 4.79 Å². The first kappa shape index (κ1) is 22.5. The fourth-order valence-electron chi connectivity index (χ4n) is 4.63. The number of halogens is 1. The Labute approximate surface area is 202 Å². The molecule has 2 aliphatic heterocycles. The fraction of sp³-hybridized carbons (Fsp3) is 0.400. The highest BCUT2D eigenvalue weighted by molar-refractivity contribution is 6.36. The maximum Gasteiger partial charge on any atom is 0.410 e. The Morgan fingerprint density at radius 1 is 1.21 bits per heavy atom. The Morgan fingerprint density at radius 3 is 2.74 bits per heavy atom. The van der Waals surface area contributed by atoms with E-state index in [1.807, 2.05) is 45.9 Å². The van der Waals surface area contributed by atoms with Gasteiger partial charge >= 0.3 is 6.09 Å². The zero-order valence-electron chi connectivity index (χ0n) is 19.6. The molecule has 8 nitrogen and oxygen atoms in total. The van der Waals surface area contributed by atoms with Gasteiger partial charge in [-0.25, -0.2) is 4.79 Å². The average Bonchev–Trinajstić information content (AvgIpc) is 3.20. The summed E-state index contributed by atoms with van der Waals surface area (Å²) in [6, 6.07) is 7.34. The number of aryl methyl sites for hydroxylation is 1. The molecule has 0 bridgehead atoms. The molecule has 1 fully saturated rings. The molecule has 1 N–H and O–H groups in total. The Balaban J connectivity index is 1.47. The highest BCUT2D eigenvalue weighted by Gasteiger charge is 2.38. The molecular weight excluding hydrogens is 456 g/mol. The van der Waals surface area contributed by atoms with E-state index in [2.05, 4.69) is 10.2 Å². The van der Waals surface area contributed by atoms with Gasteiger partial charge in [0, 0.05) is 30.6 Å². The van der Waals surface area contributed by atoms with Crippen molar-refractivity contribution < 1.29 is 19.1 Å². The lowest BCUT2D eigenvalue weighted by Crippen LogP contribution is -2.58. The summed E-state index contributed by atoms with van der Waals surface area (Å²) < 4.78 is 11.7. The number of aromatic nitrogens is 2. The third-order valence-corrected chi connectivity index (χ3v) is 6.62. The van der Waals surface area contributed by atoms with Gasteiger partial charge in [0.2, 0.25) is 0 Å². The first-order valence-electron chi connectivity index (χ1n) is 11.3. The maximum atomic E-state index is 13.5. The highest BCUT2D eigenvalue weighted by Crippen LogP contribution is 2.43. The van der Waals surface area contributed by atoms with Crippen molar-refractivity contribution in [2.45, 2.75) is 39.3 Å². The van der Waals surface area contributed by atoms with Crippen molar-refractivity contribution in [2.24, 2.45) is 0 Å². The van der Waals surface area contributed by atoms with E-state index in [0.717, 1.165) is 27.6 Å². The van der Waals surface area contributed by atoms with Gasteiger partial charge in [-0.3, -0.25) is 9.89 Å². The van der Waals surface area contributed by atoms with Crippen LogP contribution in [-0.2, 0) is 4.74 Å². The molecule has 3 heterocycles. The molecule has 5 rings (SSSR count). The largest absolute Gasteiger partial charge is 0.489 e. The fourth-order valence-corrected chi connectivity index (χ4v) is 4.95. The van der Waals surface area contributed by atoms with E-state index < -0.39 is 5.60 Å².